The quantitative estimate of drug-likeness (QED) is 0.392. The Balaban J connectivity index is 4.00. The SMILES string of the molecule is CCCCC(CC)CCC(C)(C)OC(=O)OO. The number of rotatable bonds is 8. The van der Waals surface area contributed by atoms with E-state index in [1.807, 2.05) is 13.8 Å². The molecule has 0 aromatic carbocycles. The number of carbonyl (C=O) groups is 1. The van der Waals surface area contributed by atoms with E-state index in [4.69, 9.17) is 9.99 Å². The van der Waals surface area contributed by atoms with Crippen LogP contribution in [0, 0.1) is 5.92 Å². The summed E-state index contributed by atoms with van der Waals surface area (Å²) in [6.07, 6.45) is 5.63. The summed E-state index contributed by atoms with van der Waals surface area (Å²) in [7, 11) is 0. The molecular formula is C13H26O4. The van der Waals surface area contributed by atoms with Gasteiger partial charge in [0.05, 0.1) is 0 Å². The van der Waals surface area contributed by atoms with Crippen molar-refractivity contribution >= 4 is 6.16 Å². The molecule has 1 unspecified atom stereocenters. The fourth-order valence-corrected chi connectivity index (χ4v) is 1.89. The van der Waals surface area contributed by atoms with Crippen LogP contribution in [0.1, 0.15) is 66.2 Å². The minimum absolute atomic E-state index is 0.584. The molecule has 0 aromatic heterocycles. The summed E-state index contributed by atoms with van der Waals surface area (Å²) in [6.45, 7) is 8.04. The molecule has 0 amide bonds. The number of hydrogen-bond donors (Lipinski definition) is 1. The van der Waals surface area contributed by atoms with Gasteiger partial charge in [0.15, 0.2) is 0 Å². The maximum Gasteiger partial charge on any atom is 0.540 e. The Hall–Kier alpha value is -0.770. The third-order valence-electron chi connectivity index (χ3n) is 3.13. The average molecular weight is 246 g/mol. The van der Waals surface area contributed by atoms with Gasteiger partial charge in [-0.1, -0.05) is 39.5 Å². The summed E-state index contributed by atoms with van der Waals surface area (Å²) >= 11 is 0. The van der Waals surface area contributed by atoms with Gasteiger partial charge >= 0.3 is 6.16 Å². The highest BCUT2D eigenvalue weighted by Crippen LogP contribution is 2.25. The van der Waals surface area contributed by atoms with Gasteiger partial charge in [0.25, 0.3) is 0 Å². The van der Waals surface area contributed by atoms with Crippen molar-refractivity contribution < 1.29 is 19.7 Å². The summed E-state index contributed by atoms with van der Waals surface area (Å²) in [5.41, 5.74) is -0.584. The van der Waals surface area contributed by atoms with Crippen LogP contribution in [-0.2, 0) is 9.62 Å². The lowest BCUT2D eigenvalue weighted by molar-refractivity contribution is -0.211. The molecule has 102 valence electrons. The third kappa shape index (κ3) is 8.02. The molecule has 0 bridgehead atoms. The zero-order valence-electron chi connectivity index (χ0n) is 11.5. The third-order valence-corrected chi connectivity index (χ3v) is 3.13. The molecule has 4 heteroatoms. The van der Waals surface area contributed by atoms with Gasteiger partial charge in [-0.25, -0.2) is 4.79 Å². The molecule has 0 rings (SSSR count). The van der Waals surface area contributed by atoms with Gasteiger partial charge < -0.3 is 4.74 Å². The van der Waals surface area contributed by atoms with E-state index in [1.165, 1.54) is 19.3 Å². The van der Waals surface area contributed by atoms with Crippen LogP contribution in [0.15, 0.2) is 0 Å². The smallest absolute Gasteiger partial charge is 0.426 e. The molecule has 0 saturated carbocycles. The van der Waals surface area contributed by atoms with E-state index in [-0.39, 0.29) is 0 Å². The van der Waals surface area contributed by atoms with Crippen molar-refractivity contribution in [3.8, 4) is 0 Å². The van der Waals surface area contributed by atoms with Gasteiger partial charge in [0.2, 0.25) is 0 Å². The molecule has 0 radical (unpaired) electrons. The topological polar surface area (TPSA) is 55.8 Å². The molecule has 0 saturated heterocycles. The summed E-state index contributed by atoms with van der Waals surface area (Å²) in [6, 6.07) is 0. The van der Waals surface area contributed by atoms with Crippen molar-refractivity contribution in [3.63, 3.8) is 0 Å². The van der Waals surface area contributed by atoms with Gasteiger partial charge in [-0.2, -0.15) is 5.26 Å². The van der Waals surface area contributed by atoms with Crippen LogP contribution in [0.5, 0.6) is 0 Å². The summed E-state index contributed by atoms with van der Waals surface area (Å²) < 4.78 is 4.98. The van der Waals surface area contributed by atoms with E-state index in [9.17, 15) is 4.79 Å². The zero-order chi connectivity index (χ0) is 13.3. The molecule has 0 aliphatic rings. The van der Waals surface area contributed by atoms with Crippen LogP contribution >= 0.6 is 0 Å². The number of hydrogen-bond acceptors (Lipinski definition) is 4. The second-order valence-electron chi connectivity index (χ2n) is 5.16. The van der Waals surface area contributed by atoms with Gasteiger partial charge in [0, 0.05) is 0 Å². The van der Waals surface area contributed by atoms with Gasteiger partial charge in [0.1, 0.15) is 5.60 Å². The maximum atomic E-state index is 10.8. The number of carbonyl (C=O) groups excluding carboxylic acids is 1. The minimum atomic E-state index is -1.03. The second-order valence-corrected chi connectivity index (χ2v) is 5.16. The molecule has 1 N–H and O–H groups in total. The summed E-state index contributed by atoms with van der Waals surface area (Å²) in [5, 5.41) is 8.16. The van der Waals surface area contributed by atoms with Crippen LogP contribution in [0.4, 0.5) is 4.79 Å². The molecule has 0 aliphatic carbocycles. The van der Waals surface area contributed by atoms with E-state index in [0.29, 0.717) is 5.92 Å². The van der Waals surface area contributed by atoms with Crippen molar-refractivity contribution in [1.82, 2.24) is 0 Å². The monoisotopic (exact) mass is 246 g/mol. The van der Waals surface area contributed by atoms with Crippen LogP contribution in [0.3, 0.4) is 0 Å². The van der Waals surface area contributed by atoms with E-state index in [1.54, 1.807) is 0 Å². The standard InChI is InChI=1S/C13H26O4/c1-5-7-8-11(6-2)9-10-13(3,4)16-12(14)17-15/h11,15H,5-10H2,1-4H3. The highest BCUT2D eigenvalue weighted by molar-refractivity contribution is 5.59. The molecule has 17 heavy (non-hydrogen) atoms. The average Bonchev–Trinajstić information content (AvgIpc) is 2.28. The van der Waals surface area contributed by atoms with E-state index < -0.39 is 11.8 Å². The molecule has 0 fully saturated rings. The molecule has 0 aromatic rings. The minimum Gasteiger partial charge on any atom is -0.426 e. The first-order chi connectivity index (χ1) is 7.95. The highest BCUT2D eigenvalue weighted by Gasteiger charge is 2.25. The molecule has 0 aliphatic heterocycles. The summed E-state index contributed by atoms with van der Waals surface area (Å²) in [4.78, 5) is 14.3. The van der Waals surface area contributed by atoms with Gasteiger partial charge in [-0.15, -0.1) is 0 Å². The number of unbranched alkanes of at least 4 members (excludes halogenated alkanes) is 1. The highest BCUT2D eigenvalue weighted by atomic mass is 17.1. The Morgan fingerprint density at radius 1 is 1.29 bits per heavy atom. The first-order valence-electron chi connectivity index (χ1n) is 6.49. The van der Waals surface area contributed by atoms with E-state index in [2.05, 4.69) is 18.7 Å². The molecule has 0 heterocycles. The van der Waals surface area contributed by atoms with Gasteiger partial charge in [-0.05, 0) is 32.6 Å². The van der Waals surface area contributed by atoms with E-state index in [0.717, 1.165) is 19.3 Å². The Morgan fingerprint density at radius 2 is 1.94 bits per heavy atom. The largest absolute Gasteiger partial charge is 0.540 e. The normalized spacial score (nSPS) is 13.2. The zero-order valence-corrected chi connectivity index (χ0v) is 11.5. The van der Waals surface area contributed by atoms with Crippen molar-refractivity contribution in [2.75, 3.05) is 0 Å². The van der Waals surface area contributed by atoms with Gasteiger partial charge in [-0.3, -0.25) is 4.89 Å². The van der Waals surface area contributed by atoms with E-state index >= 15 is 0 Å². The Labute approximate surface area is 104 Å². The number of ether oxygens (including phenoxy) is 1. The summed E-state index contributed by atoms with van der Waals surface area (Å²) in [5.74, 6) is 0.683. The fraction of sp³-hybridized carbons (Fsp3) is 0.923. The fourth-order valence-electron chi connectivity index (χ4n) is 1.89. The predicted octanol–water partition coefficient (Wildman–Crippen LogP) is 4.39. The van der Waals surface area contributed by atoms with Crippen LogP contribution in [0.25, 0.3) is 0 Å². The second kappa shape index (κ2) is 8.34. The predicted molar refractivity (Wildman–Crippen MR) is 66.8 cm³/mol. The molecule has 0 spiro atoms. The van der Waals surface area contributed by atoms with Crippen LogP contribution in [-0.4, -0.2) is 17.0 Å². The first-order valence-corrected chi connectivity index (χ1v) is 6.49. The lowest BCUT2D eigenvalue weighted by atomic mass is 9.89. The molecule has 1 atom stereocenters. The lowest BCUT2D eigenvalue weighted by Crippen LogP contribution is -2.28. The first kappa shape index (κ1) is 16.2. The van der Waals surface area contributed by atoms with Crippen molar-refractivity contribution in [2.45, 2.75) is 71.8 Å². The molecular weight excluding hydrogens is 220 g/mol. The lowest BCUT2D eigenvalue weighted by Gasteiger charge is -2.25. The Bertz CT molecular complexity index is 213. The maximum absolute atomic E-state index is 10.8. The van der Waals surface area contributed by atoms with Crippen LogP contribution in [0.2, 0.25) is 0 Å². The Kier molecular flexibility index (Phi) is 7.96. The Morgan fingerprint density at radius 3 is 2.41 bits per heavy atom. The van der Waals surface area contributed by atoms with Crippen LogP contribution < -0.4 is 0 Å². The van der Waals surface area contributed by atoms with Crippen molar-refractivity contribution in [2.24, 2.45) is 5.92 Å². The molecule has 4 nitrogen and oxygen atoms in total. The van der Waals surface area contributed by atoms with Crippen molar-refractivity contribution in [1.29, 1.82) is 0 Å². The van der Waals surface area contributed by atoms with Crippen molar-refractivity contribution in [3.05, 3.63) is 0 Å².